The van der Waals surface area contributed by atoms with Gasteiger partial charge in [-0.25, -0.2) is 9.59 Å². The van der Waals surface area contributed by atoms with Gasteiger partial charge in [-0.05, 0) is 47.0 Å². The minimum Gasteiger partial charge on any atom is -0.480 e. The van der Waals surface area contributed by atoms with Crippen LogP contribution >= 0.6 is 0 Å². The second-order valence-electron chi connectivity index (χ2n) is 5.04. The molecular formula is C13H23NO4. The molecule has 0 fully saturated rings. The zero-order valence-corrected chi connectivity index (χ0v) is 11.5. The van der Waals surface area contributed by atoms with Crippen molar-refractivity contribution in [1.29, 1.82) is 0 Å². The molecule has 2 N–H and O–H groups in total. The summed E-state index contributed by atoms with van der Waals surface area (Å²) in [5.74, 6) is -1.04. The Bertz CT molecular complexity index is 305. The smallest absolute Gasteiger partial charge is 0.408 e. The summed E-state index contributed by atoms with van der Waals surface area (Å²) < 4.78 is 5.02. The third kappa shape index (κ3) is 8.61. The summed E-state index contributed by atoms with van der Waals surface area (Å²) in [7, 11) is 0. The zero-order chi connectivity index (χ0) is 14.2. The minimum atomic E-state index is -1.04. The number of carboxylic acid groups (broad SMARTS) is 1. The standard InChI is InChI=1S/C13H23NO4/c1-5-6-7-8-9-10(11(15)16)14-12(17)18-13(2,3)4/h5-6,10H,7-9H2,1-4H3,(H,14,17)(H,15,16)/b6-5+. The van der Waals surface area contributed by atoms with Gasteiger partial charge in [0, 0.05) is 0 Å². The van der Waals surface area contributed by atoms with Crippen molar-refractivity contribution in [2.45, 2.75) is 58.6 Å². The molecule has 18 heavy (non-hydrogen) atoms. The zero-order valence-electron chi connectivity index (χ0n) is 11.5. The Morgan fingerprint density at radius 2 is 2.00 bits per heavy atom. The summed E-state index contributed by atoms with van der Waals surface area (Å²) in [6.07, 6.45) is 5.08. The summed E-state index contributed by atoms with van der Waals surface area (Å²) in [4.78, 5) is 22.4. The Balaban J connectivity index is 4.19. The van der Waals surface area contributed by atoms with Crippen LogP contribution in [0.1, 0.15) is 47.0 Å². The van der Waals surface area contributed by atoms with Crippen molar-refractivity contribution in [2.24, 2.45) is 0 Å². The van der Waals surface area contributed by atoms with Gasteiger partial charge in [0.15, 0.2) is 0 Å². The van der Waals surface area contributed by atoms with Crippen LogP contribution in [0.2, 0.25) is 0 Å². The number of nitrogens with one attached hydrogen (secondary N) is 1. The minimum absolute atomic E-state index is 0.388. The molecule has 5 heteroatoms. The maximum Gasteiger partial charge on any atom is 0.408 e. The van der Waals surface area contributed by atoms with E-state index in [-0.39, 0.29) is 0 Å². The number of hydrogen-bond donors (Lipinski definition) is 2. The summed E-state index contributed by atoms with van der Waals surface area (Å²) in [6.45, 7) is 7.10. The second kappa shape index (κ2) is 7.74. The van der Waals surface area contributed by atoms with Gasteiger partial charge in [-0.15, -0.1) is 0 Å². The van der Waals surface area contributed by atoms with Crippen LogP contribution in [-0.2, 0) is 9.53 Å². The number of aliphatic carboxylic acids is 1. The second-order valence-corrected chi connectivity index (χ2v) is 5.04. The Hall–Kier alpha value is -1.52. The molecule has 0 aromatic heterocycles. The van der Waals surface area contributed by atoms with E-state index in [1.54, 1.807) is 20.8 Å². The first-order chi connectivity index (χ1) is 8.26. The maximum absolute atomic E-state index is 11.5. The number of ether oxygens (including phenoxy) is 1. The van der Waals surface area contributed by atoms with Gasteiger partial charge in [0.05, 0.1) is 0 Å². The van der Waals surface area contributed by atoms with E-state index in [2.05, 4.69) is 5.32 Å². The van der Waals surface area contributed by atoms with Gasteiger partial charge in [-0.2, -0.15) is 0 Å². The molecule has 1 amide bonds. The van der Waals surface area contributed by atoms with E-state index in [9.17, 15) is 9.59 Å². The molecule has 104 valence electrons. The Labute approximate surface area is 108 Å². The van der Waals surface area contributed by atoms with Crippen LogP contribution < -0.4 is 5.32 Å². The van der Waals surface area contributed by atoms with Crippen molar-refractivity contribution in [3.63, 3.8) is 0 Å². The predicted molar refractivity (Wildman–Crippen MR) is 69.5 cm³/mol. The summed E-state index contributed by atoms with van der Waals surface area (Å²) in [5.41, 5.74) is -0.627. The molecule has 0 radical (unpaired) electrons. The van der Waals surface area contributed by atoms with Crippen LogP contribution in [0.3, 0.4) is 0 Å². The lowest BCUT2D eigenvalue weighted by atomic mass is 10.1. The molecule has 0 aromatic rings. The van der Waals surface area contributed by atoms with Crippen molar-refractivity contribution < 1.29 is 19.4 Å². The lowest BCUT2D eigenvalue weighted by Gasteiger charge is -2.21. The van der Waals surface area contributed by atoms with Crippen molar-refractivity contribution >= 4 is 12.1 Å². The van der Waals surface area contributed by atoms with Gasteiger partial charge < -0.3 is 15.2 Å². The number of allylic oxidation sites excluding steroid dienone is 2. The number of alkyl carbamates (subject to hydrolysis) is 1. The van der Waals surface area contributed by atoms with E-state index < -0.39 is 23.7 Å². The maximum atomic E-state index is 11.5. The number of carboxylic acids is 1. The van der Waals surface area contributed by atoms with Crippen molar-refractivity contribution in [3.05, 3.63) is 12.2 Å². The number of carbonyl (C=O) groups excluding carboxylic acids is 1. The third-order valence-electron chi connectivity index (χ3n) is 2.09. The molecule has 0 spiro atoms. The molecule has 1 atom stereocenters. The van der Waals surface area contributed by atoms with Gasteiger partial charge >= 0.3 is 12.1 Å². The molecule has 0 saturated heterocycles. The normalized spacial score (nSPS) is 13.3. The molecule has 1 unspecified atom stereocenters. The quantitative estimate of drug-likeness (QED) is 0.566. The molecule has 5 nitrogen and oxygen atoms in total. The molecule has 0 saturated carbocycles. The highest BCUT2D eigenvalue weighted by Crippen LogP contribution is 2.08. The molecule has 0 aromatic carbocycles. The Morgan fingerprint density at radius 1 is 1.39 bits per heavy atom. The molecule has 0 heterocycles. The van der Waals surface area contributed by atoms with Gasteiger partial charge in [0.1, 0.15) is 11.6 Å². The lowest BCUT2D eigenvalue weighted by Crippen LogP contribution is -2.43. The summed E-state index contributed by atoms with van der Waals surface area (Å²) in [6, 6.07) is -0.898. The van der Waals surface area contributed by atoms with Gasteiger partial charge in [-0.3, -0.25) is 0 Å². The van der Waals surface area contributed by atoms with Gasteiger partial charge in [-0.1, -0.05) is 12.2 Å². The van der Waals surface area contributed by atoms with E-state index >= 15 is 0 Å². The average Bonchev–Trinajstić information content (AvgIpc) is 2.19. The third-order valence-corrected chi connectivity index (χ3v) is 2.09. The highest BCUT2D eigenvalue weighted by Gasteiger charge is 2.23. The largest absolute Gasteiger partial charge is 0.480 e. The number of hydrogen-bond acceptors (Lipinski definition) is 3. The SMILES string of the molecule is C/C=C/CCCC(NC(=O)OC(C)(C)C)C(=O)O. The van der Waals surface area contributed by atoms with E-state index in [1.165, 1.54) is 0 Å². The average molecular weight is 257 g/mol. The highest BCUT2D eigenvalue weighted by atomic mass is 16.6. The first-order valence-electron chi connectivity index (χ1n) is 6.09. The van der Waals surface area contributed by atoms with E-state index in [0.29, 0.717) is 12.8 Å². The summed E-state index contributed by atoms with van der Waals surface area (Å²) >= 11 is 0. The van der Waals surface area contributed by atoms with Gasteiger partial charge in [0.25, 0.3) is 0 Å². The fourth-order valence-electron chi connectivity index (χ4n) is 1.31. The van der Waals surface area contributed by atoms with Gasteiger partial charge in [0.2, 0.25) is 0 Å². The van der Waals surface area contributed by atoms with Crippen molar-refractivity contribution in [2.75, 3.05) is 0 Å². The Kier molecular flexibility index (Phi) is 7.08. The Morgan fingerprint density at radius 3 is 2.44 bits per heavy atom. The monoisotopic (exact) mass is 257 g/mol. The van der Waals surface area contributed by atoms with Crippen LogP contribution in [0.25, 0.3) is 0 Å². The molecule has 0 aliphatic heterocycles. The fourth-order valence-corrected chi connectivity index (χ4v) is 1.31. The van der Waals surface area contributed by atoms with Crippen molar-refractivity contribution in [1.82, 2.24) is 5.32 Å². The molecule has 0 aliphatic rings. The van der Waals surface area contributed by atoms with Crippen LogP contribution in [0, 0.1) is 0 Å². The van der Waals surface area contributed by atoms with Crippen LogP contribution in [-0.4, -0.2) is 28.8 Å². The number of carbonyl (C=O) groups is 2. The highest BCUT2D eigenvalue weighted by molar-refractivity contribution is 5.79. The molecular weight excluding hydrogens is 234 g/mol. The lowest BCUT2D eigenvalue weighted by molar-refractivity contribution is -0.139. The number of rotatable bonds is 6. The predicted octanol–water partition coefficient (Wildman–Crippen LogP) is 2.71. The number of unbranched alkanes of at least 4 members (excludes halogenated alkanes) is 1. The molecule has 0 rings (SSSR count). The van der Waals surface area contributed by atoms with Crippen LogP contribution in [0.15, 0.2) is 12.2 Å². The molecule has 0 aliphatic carbocycles. The van der Waals surface area contributed by atoms with E-state index in [0.717, 1.165) is 6.42 Å². The van der Waals surface area contributed by atoms with Crippen LogP contribution in [0.4, 0.5) is 4.79 Å². The number of amides is 1. The fraction of sp³-hybridized carbons (Fsp3) is 0.692. The molecule has 0 bridgehead atoms. The first kappa shape index (κ1) is 16.5. The van der Waals surface area contributed by atoms with Crippen LogP contribution in [0.5, 0.6) is 0 Å². The first-order valence-corrected chi connectivity index (χ1v) is 6.09. The van der Waals surface area contributed by atoms with Crippen molar-refractivity contribution in [3.8, 4) is 0 Å². The van der Waals surface area contributed by atoms with E-state index in [1.807, 2.05) is 19.1 Å². The summed E-state index contributed by atoms with van der Waals surface area (Å²) in [5, 5.41) is 11.4. The van der Waals surface area contributed by atoms with E-state index in [4.69, 9.17) is 9.84 Å². The topological polar surface area (TPSA) is 75.6 Å².